The molecule has 0 unspecified atom stereocenters. The third-order valence-electron chi connectivity index (χ3n) is 5.58. The average molecular weight is 460 g/mol. The minimum absolute atomic E-state index is 0.0527. The summed E-state index contributed by atoms with van der Waals surface area (Å²) >= 11 is 1.40. The van der Waals surface area contributed by atoms with Crippen molar-refractivity contribution < 1.29 is 18.0 Å². The van der Waals surface area contributed by atoms with E-state index in [0.29, 0.717) is 18.8 Å². The zero-order chi connectivity index (χ0) is 22.0. The molecule has 2 aromatic carbocycles. The Morgan fingerprint density at radius 1 is 1.10 bits per heavy atom. The summed E-state index contributed by atoms with van der Waals surface area (Å²) in [5.41, 5.74) is 1.64. The highest BCUT2D eigenvalue weighted by atomic mass is 32.2. The third-order valence-corrected chi connectivity index (χ3v) is 8.47. The van der Waals surface area contributed by atoms with Gasteiger partial charge in [0.25, 0.3) is 0 Å². The van der Waals surface area contributed by atoms with Crippen LogP contribution in [0, 0.1) is 0 Å². The van der Waals surface area contributed by atoms with Crippen LogP contribution in [-0.2, 0) is 19.4 Å². The number of carbonyl (C=O) groups excluding carboxylic acids is 2. The first-order valence-corrected chi connectivity index (χ1v) is 12.8. The van der Waals surface area contributed by atoms with Crippen molar-refractivity contribution in [3.8, 4) is 0 Å². The van der Waals surface area contributed by atoms with Gasteiger partial charge in [0.2, 0.25) is 11.8 Å². The lowest BCUT2D eigenvalue weighted by atomic mass is 10.2. The minimum Gasteiger partial charge on any atom is -0.368 e. The zero-order valence-electron chi connectivity index (χ0n) is 17.3. The maximum Gasteiger partial charge on any atom is 0.237 e. The highest BCUT2D eigenvalue weighted by Crippen LogP contribution is 2.36. The van der Waals surface area contributed by atoms with Crippen molar-refractivity contribution in [2.75, 3.05) is 42.1 Å². The molecule has 0 radical (unpaired) electrons. The number of piperazine rings is 1. The van der Waals surface area contributed by atoms with Crippen molar-refractivity contribution >= 4 is 44.8 Å². The Balaban J connectivity index is 1.34. The highest BCUT2D eigenvalue weighted by Gasteiger charge is 2.27. The number of amides is 2. The van der Waals surface area contributed by atoms with Crippen LogP contribution < -0.4 is 10.2 Å². The molecule has 1 saturated heterocycles. The van der Waals surface area contributed by atoms with E-state index in [2.05, 4.69) is 10.2 Å². The molecule has 2 amide bonds. The molecule has 31 heavy (non-hydrogen) atoms. The molecule has 2 heterocycles. The quantitative estimate of drug-likeness (QED) is 0.740. The van der Waals surface area contributed by atoms with Crippen LogP contribution >= 0.6 is 11.8 Å². The summed E-state index contributed by atoms with van der Waals surface area (Å²) in [5, 5.41) is 2.54. The van der Waals surface area contributed by atoms with Crippen LogP contribution in [-0.4, -0.2) is 62.3 Å². The Labute approximate surface area is 186 Å². The lowest BCUT2D eigenvalue weighted by Gasteiger charge is -2.36. The van der Waals surface area contributed by atoms with E-state index < -0.39 is 9.84 Å². The zero-order valence-corrected chi connectivity index (χ0v) is 18.9. The third kappa shape index (κ3) is 4.88. The summed E-state index contributed by atoms with van der Waals surface area (Å²) in [6.45, 7) is 4.41. The van der Waals surface area contributed by atoms with Crippen molar-refractivity contribution in [2.24, 2.45) is 0 Å². The molecule has 2 aliphatic heterocycles. The number of sulfone groups is 1. The van der Waals surface area contributed by atoms with Gasteiger partial charge in [-0.3, -0.25) is 9.59 Å². The molecule has 1 N–H and O–H groups in total. The van der Waals surface area contributed by atoms with E-state index in [4.69, 9.17) is 0 Å². The van der Waals surface area contributed by atoms with Gasteiger partial charge in [0.15, 0.2) is 9.84 Å². The Morgan fingerprint density at radius 3 is 2.52 bits per heavy atom. The second-order valence-corrected chi connectivity index (χ2v) is 11.2. The molecule has 1 atom stereocenters. The van der Waals surface area contributed by atoms with Gasteiger partial charge in [-0.05, 0) is 37.3 Å². The molecular weight excluding hydrogens is 434 g/mol. The maximum atomic E-state index is 12.8. The molecular formula is C22H25N3O4S2. The smallest absolute Gasteiger partial charge is 0.237 e. The number of hydrogen-bond donors (Lipinski definition) is 1. The lowest BCUT2D eigenvalue weighted by molar-refractivity contribution is -0.131. The van der Waals surface area contributed by atoms with Crippen LogP contribution in [0.4, 0.5) is 11.4 Å². The van der Waals surface area contributed by atoms with Gasteiger partial charge in [-0.2, -0.15) is 0 Å². The molecule has 0 spiro atoms. The number of nitrogens with zero attached hydrogens (tertiary/aromatic N) is 2. The van der Waals surface area contributed by atoms with Crippen LogP contribution in [0.25, 0.3) is 0 Å². The average Bonchev–Trinajstić information content (AvgIpc) is 2.78. The molecule has 7 nitrogen and oxygen atoms in total. The Bertz CT molecular complexity index is 1080. The molecule has 0 bridgehead atoms. The predicted molar refractivity (Wildman–Crippen MR) is 122 cm³/mol. The highest BCUT2D eigenvalue weighted by molar-refractivity contribution is 8.01. The summed E-state index contributed by atoms with van der Waals surface area (Å²) in [6, 6.07) is 14.8. The molecule has 4 rings (SSSR count). The largest absolute Gasteiger partial charge is 0.368 e. The topological polar surface area (TPSA) is 86.8 Å². The van der Waals surface area contributed by atoms with Gasteiger partial charge < -0.3 is 15.1 Å². The Morgan fingerprint density at radius 2 is 1.81 bits per heavy atom. The Kier molecular flexibility index (Phi) is 6.24. The lowest BCUT2D eigenvalue weighted by Crippen LogP contribution is -2.49. The fraction of sp³-hybridized carbons (Fsp3) is 0.364. The van der Waals surface area contributed by atoms with Gasteiger partial charge in [0.05, 0.1) is 21.6 Å². The minimum atomic E-state index is -3.63. The number of nitrogens with one attached hydrogen (secondary N) is 1. The molecule has 2 aromatic rings. The van der Waals surface area contributed by atoms with Gasteiger partial charge in [-0.15, -0.1) is 11.8 Å². The first-order valence-electron chi connectivity index (χ1n) is 10.3. The number of thioether (sulfide) groups is 1. The number of anilines is 2. The van der Waals surface area contributed by atoms with E-state index in [1.807, 2.05) is 30.3 Å². The summed E-state index contributed by atoms with van der Waals surface area (Å²) in [6.07, 6.45) is -0.0527. The van der Waals surface area contributed by atoms with E-state index in [1.54, 1.807) is 24.0 Å². The maximum absolute atomic E-state index is 12.8. The first kappa shape index (κ1) is 21.7. The van der Waals surface area contributed by atoms with Gasteiger partial charge in [0, 0.05) is 43.2 Å². The summed E-state index contributed by atoms with van der Waals surface area (Å²) in [5.74, 6) is -0.537. The molecule has 9 heteroatoms. The number of rotatable bonds is 5. The number of hydrogen-bond acceptors (Lipinski definition) is 6. The molecule has 1 fully saturated rings. The SMILES string of the molecule is C[C@@H]1Sc2ccc(S(=O)(=O)CCC(=O)N3CCN(c4ccccc4)CC3)cc2NC1=O. The van der Waals surface area contributed by atoms with Crippen LogP contribution in [0.1, 0.15) is 13.3 Å². The van der Waals surface area contributed by atoms with Crippen molar-refractivity contribution in [3.05, 3.63) is 48.5 Å². The summed E-state index contributed by atoms with van der Waals surface area (Å²) in [4.78, 5) is 29.4. The van der Waals surface area contributed by atoms with Gasteiger partial charge in [0.1, 0.15) is 0 Å². The van der Waals surface area contributed by atoms with E-state index in [9.17, 15) is 18.0 Å². The van der Waals surface area contributed by atoms with E-state index in [0.717, 1.165) is 23.7 Å². The molecule has 2 aliphatic rings. The molecule has 0 aromatic heterocycles. The van der Waals surface area contributed by atoms with E-state index in [1.165, 1.54) is 17.8 Å². The number of fused-ring (bicyclic) bond motifs is 1. The van der Waals surface area contributed by atoms with Crippen molar-refractivity contribution in [3.63, 3.8) is 0 Å². The second kappa shape index (κ2) is 8.92. The number of benzene rings is 2. The van der Waals surface area contributed by atoms with Crippen molar-refractivity contribution in [1.29, 1.82) is 0 Å². The normalized spacial score (nSPS) is 19.0. The van der Waals surface area contributed by atoms with Gasteiger partial charge in [-0.1, -0.05) is 18.2 Å². The van der Waals surface area contributed by atoms with Crippen LogP contribution in [0.3, 0.4) is 0 Å². The molecule has 0 saturated carbocycles. The van der Waals surface area contributed by atoms with Crippen LogP contribution in [0.15, 0.2) is 58.3 Å². The van der Waals surface area contributed by atoms with Crippen molar-refractivity contribution in [2.45, 2.75) is 28.4 Å². The predicted octanol–water partition coefficient (Wildman–Crippen LogP) is 2.63. The van der Waals surface area contributed by atoms with E-state index in [-0.39, 0.29) is 34.1 Å². The van der Waals surface area contributed by atoms with Crippen LogP contribution in [0.5, 0.6) is 0 Å². The monoisotopic (exact) mass is 459 g/mol. The Hall–Kier alpha value is -2.52. The fourth-order valence-corrected chi connectivity index (χ4v) is 5.91. The number of para-hydroxylation sites is 1. The molecule has 164 valence electrons. The van der Waals surface area contributed by atoms with Gasteiger partial charge >= 0.3 is 0 Å². The second-order valence-electron chi connectivity index (χ2n) is 7.68. The fourth-order valence-electron chi connectivity index (χ4n) is 3.73. The number of carbonyl (C=O) groups is 2. The van der Waals surface area contributed by atoms with Crippen LogP contribution in [0.2, 0.25) is 0 Å². The summed E-state index contributed by atoms with van der Waals surface area (Å²) in [7, 11) is -3.63. The van der Waals surface area contributed by atoms with E-state index >= 15 is 0 Å². The van der Waals surface area contributed by atoms with Crippen molar-refractivity contribution in [1.82, 2.24) is 4.90 Å². The first-order chi connectivity index (χ1) is 14.8. The van der Waals surface area contributed by atoms with Gasteiger partial charge in [-0.25, -0.2) is 8.42 Å². The molecule has 0 aliphatic carbocycles. The standard InChI is InChI=1S/C22H25N3O4S2/c1-16-22(27)23-19-15-18(7-8-20(19)30-16)31(28,29)14-9-21(26)25-12-10-24(11-13-25)17-5-3-2-4-6-17/h2-8,15-16H,9-14H2,1H3,(H,23,27)/t16-/m0/s1. The summed E-state index contributed by atoms with van der Waals surface area (Å²) < 4.78 is 25.6.